The Bertz CT molecular complexity index is 143. The fourth-order valence-electron chi connectivity index (χ4n) is 2.52. The molecule has 1 aliphatic carbocycles. The van der Waals surface area contributed by atoms with E-state index in [1.54, 1.807) is 0 Å². The topological polar surface area (TPSA) is 9.23 Å². The molecule has 0 radical (unpaired) electrons. The van der Waals surface area contributed by atoms with Crippen LogP contribution in [0, 0.1) is 11.8 Å². The molecule has 3 atom stereocenters. The molecule has 1 nitrogen and oxygen atoms in total. The van der Waals surface area contributed by atoms with Crippen LogP contribution < -0.4 is 0 Å². The van der Waals surface area contributed by atoms with Gasteiger partial charge in [-0.05, 0) is 31.1 Å². The van der Waals surface area contributed by atoms with E-state index in [9.17, 15) is 0 Å². The molecule has 0 aromatic carbocycles. The standard InChI is InChI=1S/C10H17BrO/c11-10-3-1-2-8(6-10)9-4-5-12-7-9/h8-10H,1-7H2. The summed E-state index contributed by atoms with van der Waals surface area (Å²) in [5, 5.41) is 0. The molecule has 2 fully saturated rings. The van der Waals surface area contributed by atoms with Crippen molar-refractivity contribution in [3.63, 3.8) is 0 Å². The Morgan fingerprint density at radius 1 is 1.08 bits per heavy atom. The van der Waals surface area contributed by atoms with Gasteiger partial charge in [0.2, 0.25) is 0 Å². The van der Waals surface area contributed by atoms with Gasteiger partial charge in [0.15, 0.2) is 0 Å². The Morgan fingerprint density at radius 2 is 2.00 bits per heavy atom. The molecule has 3 unspecified atom stereocenters. The van der Waals surface area contributed by atoms with Crippen LogP contribution in [0.1, 0.15) is 32.1 Å². The molecule has 1 saturated heterocycles. The highest BCUT2D eigenvalue weighted by Crippen LogP contribution is 2.36. The van der Waals surface area contributed by atoms with Crippen molar-refractivity contribution in [2.45, 2.75) is 36.9 Å². The molecule has 2 heteroatoms. The maximum atomic E-state index is 5.43. The fraction of sp³-hybridized carbons (Fsp3) is 1.00. The third-order valence-electron chi connectivity index (χ3n) is 3.28. The summed E-state index contributed by atoms with van der Waals surface area (Å²) in [6.45, 7) is 2.04. The highest BCUT2D eigenvalue weighted by molar-refractivity contribution is 9.09. The summed E-state index contributed by atoms with van der Waals surface area (Å²) in [5.74, 6) is 1.83. The van der Waals surface area contributed by atoms with E-state index < -0.39 is 0 Å². The third kappa shape index (κ3) is 2.02. The minimum absolute atomic E-state index is 0.789. The van der Waals surface area contributed by atoms with E-state index in [-0.39, 0.29) is 0 Å². The smallest absolute Gasteiger partial charge is 0.0497 e. The number of halogens is 1. The Morgan fingerprint density at radius 3 is 2.67 bits per heavy atom. The lowest BCUT2D eigenvalue weighted by atomic mass is 9.80. The van der Waals surface area contributed by atoms with Gasteiger partial charge in [0.1, 0.15) is 0 Å². The van der Waals surface area contributed by atoms with Crippen molar-refractivity contribution in [1.82, 2.24) is 0 Å². The summed E-state index contributed by atoms with van der Waals surface area (Å²) in [5.41, 5.74) is 0. The molecule has 2 aliphatic rings. The highest BCUT2D eigenvalue weighted by atomic mass is 79.9. The third-order valence-corrected chi connectivity index (χ3v) is 4.11. The lowest BCUT2D eigenvalue weighted by molar-refractivity contribution is 0.161. The zero-order valence-electron chi connectivity index (χ0n) is 7.47. The molecule has 1 aliphatic heterocycles. The van der Waals surface area contributed by atoms with Crippen molar-refractivity contribution in [2.24, 2.45) is 11.8 Å². The maximum absolute atomic E-state index is 5.43. The largest absolute Gasteiger partial charge is 0.381 e. The van der Waals surface area contributed by atoms with Crippen molar-refractivity contribution in [3.8, 4) is 0 Å². The van der Waals surface area contributed by atoms with Gasteiger partial charge in [0.05, 0.1) is 0 Å². The Hall–Kier alpha value is 0.440. The van der Waals surface area contributed by atoms with E-state index >= 15 is 0 Å². The molecule has 1 heterocycles. The van der Waals surface area contributed by atoms with Crippen LogP contribution in [0.25, 0.3) is 0 Å². The zero-order chi connectivity index (χ0) is 8.39. The summed E-state index contributed by atoms with van der Waals surface area (Å²) < 4.78 is 5.43. The van der Waals surface area contributed by atoms with Gasteiger partial charge in [-0.1, -0.05) is 28.8 Å². The lowest BCUT2D eigenvalue weighted by Crippen LogP contribution is -2.22. The summed E-state index contributed by atoms with van der Waals surface area (Å²) in [6, 6.07) is 0. The second-order valence-electron chi connectivity index (χ2n) is 4.15. The van der Waals surface area contributed by atoms with Crippen LogP contribution in [0.15, 0.2) is 0 Å². The minimum Gasteiger partial charge on any atom is -0.381 e. The highest BCUT2D eigenvalue weighted by Gasteiger charge is 2.29. The first kappa shape index (κ1) is 9.01. The fourth-order valence-corrected chi connectivity index (χ4v) is 3.32. The van der Waals surface area contributed by atoms with Crippen molar-refractivity contribution < 1.29 is 4.74 Å². The van der Waals surface area contributed by atoms with Crippen LogP contribution >= 0.6 is 15.9 Å². The number of rotatable bonds is 1. The lowest BCUT2D eigenvalue weighted by Gasteiger charge is -2.29. The SMILES string of the molecule is BrC1CCCC(C2CCOC2)C1. The van der Waals surface area contributed by atoms with Crippen LogP contribution in [-0.4, -0.2) is 18.0 Å². The molecular formula is C10H17BrO. The molecule has 0 aromatic heterocycles. The Labute approximate surface area is 83.0 Å². The monoisotopic (exact) mass is 232 g/mol. The van der Waals surface area contributed by atoms with Crippen molar-refractivity contribution in [1.29, 1.82) is 0 Å². The molecular weight excluding hydrogens is 216 g/mol. The van der Waals surface area contributed by atoms with Gasteiger partial charge in [0, 0.05) is 18.0 Å². The van der Waals surface area contributed by atoms with Gasteiger partial charge in [0.25, 0.3) is 0 Å². The van der Waals surface area contributed by atoms with Crippen LogP contribution in [0.5, 0.6) is 0 Å². The Kier molecular flexibility index (Phi) is 3.08. The average molecular weight is 233 g/mol. The molecule has 2 rings (SSSR count). The predicted octanol–water partition coefficient (Wildman–Crippen LogP) is 2.98. The molecule has 0 N–H and O–H groups in total. The zero-order valence-corrected chi connectivity index (χ0v) is 9.05. The average Bonchev–Trinajstić information content (AvgIpc) is 2.56. The summed E-state index contributed by atoms with van der Waals surface area (Å²) >= 11 is 3.73. The summed E-state index contributed by atoms with van der Waals surface area (Å²) in [6.07, 6.45) is 6.93. The van der Waals surface area contributed by atoms with Crippen LogP contribution in [0.4, 0.5) is 0 Å². The van der Waals surface area contributed by atoms with E-state index in [0.29, 0.717) is 0 Å². The van der Waals surface area contributed by atoms with E-state index in [4.69, 9.17) is 4.74 Å². The van der Waals surface area contributed by atoms with E-state index in [1.165, 1.54) is 32.1 Å². The minimum atomic E-state index is 0.789. The second-order valence-corrected chi connectivity index (χ2v) is 5.44. The first-order valence-corrected chi connectivity index (χ1v) is 5.99. The van der Waals surface area contributed by atoms with Crippen LogP contribution in [0.2, 0.25) is 0 Å². The molecule has 1 saturated carbocycles. The predicted molar refractivity (Wildman–Crippen MR) is 53.6 cm³/mol. The molecule has 0 bridgehead atoms. The molecule has 70 valence electrons. The Balaban J connectivity index is 1.85. The van der Waals surface area contributed by atoms with Crippen molar-refractivity contribution in [3.05, 3.63) is 0 Å². The molecule has 0 amide bonds. The molecule has 0 aromatic rings. The van der Waals surface area contributed by atoms with Crippen molar-refractivity contribution in [2.75, 3.05) is 13.2 Å². The van der Waals surface area contributed by atoms with Gasteiger partial charge < -0.3 is 4.74 Å². The van der Waals surface area contributed by atoms with Gasteiger partial charge in [-0.15, -0.1) is 0 Å². The van der Waals surface area contributed by atoms with Crippen LogP contribution in [0.3, 0.4) is 0 Å². The van der Waals surface area contributed by atoms with Gasteiger partial charge in [-0.3, -0.25) is 0 Å². The summed E-state index contributed by atoms with van der Waals surface area (Å²) in [7, 11) is 0. The normalized spacial score (nSPS) is 43.2. The number of alkyl halides is 1. The van der Waals surface area contributed by atoms with Crippen molar-refractivity contribution >= 4 is 15.9 Å². The number of hydrogen-bond donors (Lipinski definition) is 0. The van der Waals surface area contributed by atoms with Gasteiger partial charge >= 0.3 is 0 Å². The number of ether oxygens (including phenoxy) is 1. The first-order valence-electron chi connectivity index (χ1n) is 5.08. The van der Waals surface area contributed by atoms with Gasteiger partial charge in [-0.25, -0.2) is 0 Å². The van der Waals surface area contributed by atoms with E-state index in [2.05, 4.69) is 15.9 Å². The van der Waals surface area contributed by atoms with Crippen LogP contribution in [-0.2, 0) is 4.74 Å². The van der Waals surface area contributed by atoms with E-state index in [0.717, 1.165) is 29.9 Å². The van der Waals surface area contributed by atoms with Gasteiger partial charge in [-0.2, -0.15) is 0 Å². The summed E-state index contributed by atoms with van der Waals surface area (Å²) in [4.78, 5) is 0.789. The maximum Gasteiger partial charge on any atom is 0.0497 e. The second kappa shape index (κ2) is 4.10. The first-order chi connectivity index (χ1) is 5.86. The molecule has 0 spiro atoms. The number of hydrogen-bond acceptors (Lipinski definition) is 1. The quantitative estimate of drug-likeness (QED) is 0.632. The van der Waals surface area contributed by atoms with E-state index in [1.807, 2.05) is 0 Å². The molecule has 12 heavy (non-hydrogen) atoms.